The lowest BCUT2D eigenvalue weighted by molar-refractivity contribution is -0.123. The zero-order valence-electron chi connectivity index (χ0n) is 13.7. The molecule has 0 aliphatic carbocycles. The zero-order valence-corrected chi connectivity index (χ0v) is 14.5. The largest absolute Gasteiger partial charge is 0.454 e. The predicted octanol–water partition coefficient (Wildman–Crippen LogP) is 3.21. The molecule has 7 nitrogen and oxygen atoms in total. The van der Waals surface area contributed by atoms with E-state index in [9.17, 15) is 9.59 Å². The molecule has 1 atom stereocenters. The van der Waals surface area contributed by atoms with Crippen molar-refractivity contribution >= 4 is 39.1 Å². The van der Waals surface area contributed by atoms with Gasteiger partial charge in [-0.25, -0.2) is 9.78 Å². The van der Waals surface area contributed by atoms with E-state index in [1.165, 1.54) is 18.3 Å². The molecule has 3 aromatic rings. The van der Waals surface area contributed by atoms with Crippen molar-refractivity contribution in [2.75, 3.05) is 12.1 Å². The van der Waals surface area contributed by atoms with Crippen LogP contribution < -0.4 is 14.8 Å². The highest BCUT2D eigenvalue weighted by molar-refractivity contribution is 7.16. The van der Waals surface area contributed by atoms with E-state index >= 15 is 0 Å². The first-order chi connectivity index (χ1) is 12.6. The van der Waals surface area contributed by atoms with Crippen LogP contribution in [0.25, 0.3) is 10.2 Å². The molecule has 1 aliphatic heterocycles. The number of ether oxygens (including phenoxy) is 3. The number of hydrogen-bond acceptors (Lipinski definition) is 7. The molecule has 4 rings (SSSR count). The minimum Gasteiger partial charge on any atom is -0.454 e. The van der Waals surface area contributed by atoms with Crippen LogP contribution in [-0.4, -0.2) is 29.8 Å². The molecule has 0 radical (unpaired) electrons. The van der Waals surface area contributed by atoms with E-state index in [-0.39, 0.29) is 6.79 Å². The second kappa shape index (κ2) is 6.64. The lowest BCUT2D eigenvalue weighted by Gasteiger charge is -2.14. The number of hydrogen-bond donors (Lipinski definition) is 1. The van der Waals surface area contributed by atoms with Crippen molar-refractivity contribution in [3.63, 3.8) is 0 Å². The average molecular weight is 370 g/mol. The minimum absolute atomic E-state index is 0.158. The van der Waals surface area contributed by atoms with Crippen molar-refractivity contribution in [2.24, 2.45) is 0 Å². The van der Waals surface area contributed by atoms with Gasteiger partial charge in [0.25, 0.3) is 5.91 Å². The van der Waals surface area contributed by atoms with E-state index in [4.69, 9.17) is 14.2 Å². The number of nitrogens with zero attached hydrogens (tertiary/aromatic N) is 1. The third-order valence-electron chi connectivity index (χ3n) is 3.86. The normalized spacial score (nSPS) is 13.4. The summed E-state index contributed by atoms with van der Waals surface area (Å²) in [5.74, 6) is 0.191. The molecule has 132 valence electrons. The molecule has 0 saturated heterocycles. The monoisotopic (exact) mass is 370 g/mol. The lowest BCUT2D eigenvalue weighted by atomic mass is 10.2. The summed E-state index contributed by atoms with van der Waals surface area (Å²) < 4.78 is 16.6. The first-order valence-corrected chi connectivity index (χ1v) is 8.73. The number of carbonyl (C=O) groups is 2. The third-order valence-corrected chi connectivity index (χ3v) is 4.65. The van der Waals surface area contributed by atoms with Gasteiger partial charge in [-0.1, -0.05) is 0 Å². The van der Waals surface area contributed by atoms with Crippen molar-refractivity contribution in [1.82, 2.24) is 4.98 Å². The molecule has 2 aromatic carbocycles. The van der Waals surface area contributed by atoms with Crippen LogP contribution in [0.4, 0.5) is 5.69 Å². The van der Waals surface area contributed by atoms with Gasteiger partial charge in [0.15, 0.2) is 17.6 Å². The molecule has 8 heteroatoms. The number of anilines is 1. The van der Waals surface area contributed by atoms with E-state index in [2.05, 4.69) is 10.3 Å². The molecule has 26 heavy (non-hydrogen) atoms. The van der Waals surface area contributed by atoms with Crippen LogP contribution in [0.1, 0.15) is 17.3 Å². The fourth-order valence-electron chi connectivity index (χ4n) is 2.48. The van der Waals surface area contributed by atoms with Crippen molar-refractivity contribution in [3.05, 3.63) is 47.5 Å². The minimum atomic E-state index is -0.954. The number of benzene rings is 2. The van der Waals surface area contributed by atoms with Crippen LogP contribution >= 0.6 is 11.3 Å². The maximum atomic E-state index is 12.3. The van der Waals surface area contributed by atoms with Gasteiger partial charge in [-0.3, -0.25) is 4.79 Å². The van der Waals surface area contributed by atoms with Gasteiger partial charge in [0.2, 0.25) is 6.79 Å². The quantitative estimate of drug-likeness (QED) is 0.710. The van der Waals surface area contributed by atoms with Crippen LogP contribution in [0, 0.1) is 0 Å². The number of nitrogens with one attached hydrogen (secondary N) is 1. The Labute approximate surface area is 152 Å². The van der Waals surface area contributed by atoms with E-state index in [1.807, 2.05) is 0 Å². The molecule has 0 spiro atoms. The molecule has 0 fully saturated rings. The van der Waals surface area contributed by atoms with E-state index < -0.39 is 18.0 Å². The highest BCUT2D eigenvalue weighted by Gasteiger charge is 2.21. The SMILES string of the molecule is C[C@H](OC(=O)c1ccc2ncsc2c1)C(=O)Nc1ccc2c(c1)OCO2. The summed E-state index contributed by atoms with van der Waals surface area (Å²) in [6.45, 7) is 1.68. The van der Waals surface area contributed by atoms with E-state index in [0.29, 0.717) is 22.7 Å². The summed E-state index contributed by atoms with van der Waals surface area (Å²) in [5.41, 5.74) is 3.44. The zero-order chi connectivity index (χ0) is 18.1. The lowest BCUT2D eigenvalue weighted by Crippen LogP contribution is -2.30. The summed E-state index contributed by atoms with van der Waals surface area (Å²) in [4.78, 5) is 28.7. The third kappa shape index (κ3) is 3.18. The number of carbonyl (C=O) groups excluding carboxylic acids is 2. The number of esters is 1. The topological polar surface area (TPSA) is 86.8 Å². The molecule has 0 bridgehead atoms. The average Bonchev–Trinajstić information content (AvgIpc) is 3.29. The number of rotatable bonds is 4. The summed E-state index contributed by atoms with van der Waals surface area (Å²) in [7, 11) is 0. The van der Waals surface area contributed by atoms with Crippen LogP contribution in [0.2, 0.25) is 0 Å². The molecule has 2 heterocycles. The van der Waals surface area contributed by atoms with E-state index in [1.54, 1.807) is 41.9 Å². The first-order valence-electron chi connectivity index (χ1n) is 7.85. The Kier molecular flexibility index (Phi) is 4.18. The molecule has 1 aliphatic rings. The van der Waals surface area contributed by atoms with Gasteiger partial charge in [-0.05, 0) is 37.3 Å². The first kappa shape index (κ1) is 16.3. The molecule has 1 aromatic heterocycles. The molecular formula is C18H14N2O5S. The van der Waals surface area contributed by atoms with Gasteiger partial charge < -0.3 is 19.5 Å². The highest BCUT2D eigenvalue weighted by Crippen LogP contribution is 2.34. The van der Waals surface area contributed by atoms with Crippen LogP contribution in [0.5, 0.6) is 11.5 Å². The number of fused-ring (bicyclic) bond motifs is 2. The smallest absolute Gasteiger partial charge is 0.338 e. The summed E-state index contributed by atoms with van der Waals surface area (Å²) >= 11 is 1.44. The van der Waals surface area contributed by atoms with Crippen molar-refractivity contribution in [1.29, 1.82) is 0 Å². The molecular weight excluding hydrogens is 356 g/mol. The van der Waals surface area contributed by atoms with Gasteiger partial charge >= 0.3 is 5.97 Å². The summed E-state index contributed by atoms with van der Waals surface area (Å²) in [6, 6.07) is 10.1. The Balaban J connectivity index is 1.41. The predicted molar refractivity (Wildman–Crippen MR) is 95.7 cm³/mol. The van der Waals surface area contributed by atoms with Crippen LogP contribution in [-0.2, 0) is 9.53 Å². The molecule has 1 N–H and O–H groups in total. The Morgan fingerprint density at radius 2 is 2.04 bits per heavy atom. The Bertz CT molecular complexity index is 1000. The maximum Gasteiger partial charge on any atom is 0.338 e. The second-order valence-corrected chi connectivity index (χ2v) is 6.53. The Morgan fingerprint density at radius 1 is 1.19 bits per heavy atom. The van der Waals surface area contributed by atoms with Gasteiger partial charge in [0.1, 0.15) is 0 Å². The van der Waals surface area contributed by atoms with Gasteiger partial charge in [-0.2, -0.15) is 0 Å². The highest BCUT2D eigenvalue weighted by atomic mass is 32.1. The maximum absolute atomic E-state index is 12.3. The second-order valence-electron chi connectivity index (χ2n) is 5.64. The summed E-state index contributed by atoms with van der Waals surface area (Å²) in [5, 5.41) is 2.69. The standard InChI is InChI=1S/C18H14N2O5S/c1-10(17(21)20-12-3-5-14-15(7-12)24-9-23-14)25-18(22)11-2-4-13-16(6-11)26-8-19-13/h2-8,10H,9H2,1H3,(H,20,21)/t10-/m0/s1. The Morgan fingerprint density at radius 3 is 2.92 bits per heavy atom. The number of amides is 1. The van der Waals surface area contributed by atoms with E-state index in [0.717, 1.165) is 10.2 Å². The van der Waals surface area contributed by atoms with Crippen LogP contribution in [0.15, 0.2) is 41.9 Å². The van der Waals surface area contributed by atoms with Gasteiger partial charge in [-0.15, -0.1) is 11.3 Å². The fraction of sp³-hybridized carbons (Fsp3) is 0.167. The molecule has 0 saturated carbocycles. The van der Waals surface area contributed by atoms with Crippen molar-refractivity contribution in [2.45, 2.75) is 13.0 Å². The summed E-state index contributed by atoms with van der Waals surface area (Å²) in [6.07, 6.45) is -0.954. The molecule has 1 amide bonds. The number of aromatic nitrogens is 1. The molecule has 0 unspecified atom stereocenters. The van der Waals surface area contributed by atoms with Gasteiger partial charge in [0, 0.05) is 11.8 Å². The van der Waals surface area contributed by atoms with Crippen molar-refractivity contribution in [3.8, 4) is 11.5 Å². The Hall–Kier alpha value is -3.13. The van der Waals surface area contributed by atoms with Crippen LogP contribution in [0.3, 0.4) is 0 Å². The number of thiazole rings is 1. The van der Waals surface area contributed by atoms with Crippen molar-refractivity contribution < 1.29 is 23.8 Å². The van der Waals surface area contributed by atoms with Gasteiger partial charge in [0.05, 0.1) is 21.3 Å². The fourth-order valence-corrected chi connectivity index (χ4v) is 3.20.